The molecule has 0 saturated heterocycles. The van der Waals surface area contributed by atoms with Crippen LogP contribution in [0.25, 0.3) is 11.4 Å². The van der Waals surface area contributed by atoms with Crippen LogP contribution < -0.4 is 5.32 Å². The minimum absolute atomic E-state index is 0.279. The van der Waals surface area contributed by atoms with Crippen molar-refractivity contribution in [3.8, 4) is 11.4 Å². The van der Waals surface area contributed by atoms with Crippen LogP contribution in [0, 0.1) is 13.8 Å². The number of aryl methyl sites for hydroxylation is 1. The molecule has 1 amide bonds. The number of hydrogen-bond acceptors (Lipinski definition) is 5. The van der Waals surface area contributed by atoms with Gasteiger partial charge >= 0.3 is 5.97 Å². The highest BCUT2D eigenvalue weighted by molar-refractivity contribution is 6.07. The Balaban J connectivity index is 1.54. The zero-order valence-electron chi connectivity index (χ0n) is 16.6. The van der Waals surface area contributed by atoms with Crippen LogP contribution >= 0.6 is 0 Å². The van der Waals surface area contributed by atoms with Crippen molar-refractivity contribution in [2.24, 2.45) is 0 Å². The Hall–Kier alpha value is -3.42. The predicted molar refractivity (Wildman–Crippen MR) is 108 cm³/mol. The fourth-order valence-electron chi connectivity index (χ4n) is 3.36. The van der Waals surface area contributed by atoms with E-state index < -0.39 is 5.97 Å². The van der Waals surface area contributed by atoms with Gasteiger partial charge in [0.1, 0.15) is 11.5 Å². The van der Waals surface area contributed by atoms with Crippen LogP contribution in [0.2, 0.25) is 0 Å². The average molecular weight is 393 g/mol. The van der Waals surface area contributed by atoms with Gasteiger partial charge < -0.3 is 15.0 Å². The zero-order valence-corrected chi connectivity index (χ0v) is 16.6. The fraction of sp³-hybridized carbons (Fsp3) is 0.333. The van der Waals surface area contributed by atoms with Gasteiger partial charge in [-0.3, -0.25) is 9.89 Å². The van der Waals surface area contributed by atoms with Crippen molar-refractivity contribution in [3.63, 3.8) is 0 Å². The first-order chi connectivity index (χ1) is 14.0. The second-order valence-electron chi connectivity index (χ2n) is 7.20. The van der Waals surface area contributed by atoms with Gasteiger partial charge in [-0.15, -0.1) is 0 Å². The number of aromatic amines is 2. The lowest BCUT2D eigenvalue weighted by Crippen LogP contribution is -2.14. The predicted octanol–water partition coefficient (Wildman–Crippen LogP) is 3.72. The third-order valence-electron chi connectivity index (χ3n) is 4.99. The summed E-state index contributed by atoms with van der Waals surface area (Å²) in [4.78, 5) is 32.5. The molecule has 29 heavy (non-hydrogen) atoms. The molecule has 8 heteroatoms. The Kier molecular flexibility index (Phi) is 4.92. The number of nitrogens with zero attached hydrogens (tertiary/aromatic N) is 2. The van der Waals surface area contributed by atoms with Crippen molar-refractivity contribution in [1.82, 2.24) is 20.2 Å². The summed E-state index contributed by atoms with van der Waals surface area (Å²) in [5, 5.41) is 10.2. The minimum atomic E-state index is -0.434. The molecule has 1 aromatic carbocycles. The van der Waals surface area contributed by atoms with E-state index in [-0.39, 0.29) is 12.5 Å². The number of aromatic nitrogens is 4. The normalized spacial score (nSPS) is 13.3. The summed E-state index contributed by atoms with van der Waals surface area (Å²) in [6, 6.07) is 7.37. The van der Waals surface area contributed by atoms with Gasteiger partial charge in [0.25, 0.3) is 5.91 Å². The summed E-state index contributed by atoms with van der Waals surface area (Å²) in [5.41, 5.74) is 3.35. The Morgan fingerprint density at radius 2 is 2.07 bits per heavy atom. The summed E-state index contributed by atoms with van der Waals surface area (Å²) < 4.78 is 5.08. The van der Waals surface area contributed by atoms with E-state index in [2.05, 4.69) is 25.5 Å². The molecule has 2 aromatic heterocycles. The summed E-state index contributed by atoms with van der Waals surface area (Å²) >= 11 is 0. The Bertz CT molecular complexity index is 1080. The molecule has 1 saturated carbocycles. The van der Waals surface area contributed by atoms with Gasteiger partial charge in [-0.25, -0.2) is 9.78 Å². The molecule has 3 aromatic rings. The molecule has 1 fully saturated rings. The first-order valence-corrected chi connectivity index (χ1v) is 9.68. The van der Waals surface area contributed by atoms with E-state index in [4.69, 9.17) is 4.74 Å². The number of esters is 1. The monoisotopic (exact) mass is 393 g/mol. The fourth-order valence-corrected chi connectivity index (χ4v) is 3.36. The lowest BCUT2D eigenvalue weighted by atomic mass is 10.1. The summed E-state index contributed by atoms with van der Waals surface area (Å²) in [6.07, 6.45) is 2.29. The zero-order chi connectivity index (χ0) is 20.5. The summed E-state index contributed by atoms with van der Waals surface area (Å²) in [5.74, 6) is 1.26. The number of hydrogen-bond donors (Lipinski definition) is 3. The van der Waals surface area contributed by atoms with Crippen LogP contribution in [0.4, 0.5) is 5.69 Å². The molecule has 0 aliphatic heterocycles. The number of H-pyrrole nitrogens is 2. The Morgan fingerprint density at radius 1 is 1.28 bits per heavy atom. The standard InChI is InChI=1S/C21H23N5O3/c1-4-29-21(28)16-11(2)17(22-12(16)3)20(27)23-15-7-5-6-14(10-15)19-24-18(25-26-19)13-8-9-13/h5-7,10,13,22H,4,8-9H2,1-3H3,(H,23,27)(H,24,25,26). The number of nitrogens with one attached hydrogen (secondary N) is 3. The van der Waals surface area contributed by atoms with E-state index in [1.807, 2.05) is 18.2 Å². The number of carbonyl (C=O) groups is 2. The van der Waals surface area contributed by atoms with Gasteiger partial charge in [-0.2, -0.15) is 5.10 Å². The van der Waals surface area contributed by atoms with Crippen molar-refractivity contribution >= 4 is 17.6 Å². The van der Waals surface area contributed by atoms with Crippen molar-refractivity contribution in [1.29, 1.82) is 0 Å². The van der Waals surface area contributed by atoms with E-state index in [1.165, 1.54) is 0 Å². The molecule has 0 unspecified atom stereocenters. The van der Waals surface area contributed by atoms with Crippen molar-refractivity contribution in [2.75, 3.05) is 11.9 Å². The number of amides is 1. The van der Waals surface area contributed by atoms with Crippen molar-refractivity contribution in [3.05, 3.63) is 52.6 Å². The molecule has 1 aliphatic rings. The third kappa shape index (κ3) is 3.78. The lowest BCUT2D eigenvalue weighted by Gasteiger charge is -2.06. The SMILES string of the molecule is CCOC(=O)c1c(C)[nH]c(C(=O)Nc2cccc(-c3n[nH]c(C4CC4)n3)c2)c1C. The molecule has 0 radical (unpaired) electrons. The van der Waals surface area contributed by atoms with Crippen LogP contribution in [0.15, 0.2) is 24.3 Å². The minimum Gasteiger partial charge on any atom is -0.462 e. The van der Waals surface area contributed by atoms with E-state index >= 15 is 0 Å². The molecule has 2 heterocycles. The van der Waals surface area contributed by atoms with E-state index in [0.29, 0.717) is 39.9 Å². The van der Waals surface area contributed by atoms with E-state index in [1.54, 1.807) is 26.8 Å². The van der Waals surface area contributed by atoms with E-state index in [9.17, 15) is 9.59 Å². The van der Waals surface area contributed by atoms with Gasteiger partial charge in [0.05, 0.1) is 12.2 Å². The maximum absolute atomic E-state index is 12.8. The number of anilines is 1. The number of rotatable bonds is 6. The van der Waals surface area contributed by atoms with Gasteiger partial charge in [0.2, 0.25) is 0 Å². The highest BCUT2D eigenvalue weighted by Crippen LogP contribution is 2.38. The van der Waals surface area contributed by atoms with Crippen LogP contribution in [0.1, 0.15) is 63.6 Å². The third-order valence-corrected chi connectivity index (χ3v) is 4.99. The number of ether oxygens (including phenoxy) is 1. The van der Waals surface area contributed by atoms with Crippen LogP contribution in [-0.2, 0) is 4.74 Å². The highest BCUT2D eigenvalue weighted by Gasteiger charge is 2.27. The Morgan fingerprint density at radius 3 is 2.79 bits per heavy atom. The smallest absolute Gasteiger partial charge is 0.340 e. The summed E-state index contributed by atoms with van der Waals surface area (Å²) in [6.45, 7) is 5.50. The highest BCUT2D eigenvalue weighted by atomic mass is 16.5. The molecular formula is C21H23N5O3. The first-order valence-electron chi connectivity index (χ1n) is 9.68. The average Bonchev–Trinajstić information content (AvgIpc) is 3.34. The largest absolute Gasteiger partial charge is 0.462 e. The molecule has 3 N–H and O–H groups in total. The van der Waals surface area contributed by atoms with Crippen molar-refractivity contribution in [2.45, 2.75) is 39.5 Å². The molecule has 8 nitrogen and oxygen atoms in total. The molecule has 150 valence electrons. The van der Waals surface area contributed by atoms with E-state index in [0.717, 1.165) is 24.2 Å². The van der Waals surface area contributed by atoms with Crippen LogP contribution in [0.5, 0.6) is 0 Å². The van der Waals surface area contributed by atoms with Crippen LogP contribution in [-0.4, -0.2) is 38.6 Å². The molecule has 4 rings (SSSR count). The van der Waals surface area contributed by atoms with Gasteiger partial charge in [0.15, 0.2) is 5.82 Å². The van der Waals surface area contributed by atoms with Gasteiger partial charge in [-0.05, 0) is 51.3 Å². The second kappa shape index (κ2) is 7.54. The molecular weight excluding hydrogens is 370 g/mol. The Labute approximate surface area is 168 Å². The number of carbonyl (C=O) groups excluding carboxylic acids is 2. The first kappa shape index (κ1) is 18.9. The molecule has 0 bridgehead atoms. The van der Waals surface area contributed by atoms with Gasteiger partial charge in [0, 0.05) is 22.9 Å². The summed E-state index contributed by atoms with van der Waals surface area (Å²) in [7, 11) is 0. The maximum atomic E-state index is 12.8. The maximum Gasteiger partial charge on any atom is 0.340 e. The topological polar surface area (TPSA) is 113 Å². The van der Waals surface area contributed by atoms with Gasteiger partial charge in [-0.1, -0.05) is 12.1 Å². The second-order valence-corrected chi connectivity index (χ2v) is 7.20. The number of benzene rings is 1. The molecule has 0 atom stereocenters. The quantitative estimate of drug-likeness (QED) is 0.553. The molecule has 0 spiro atoms. The lowest BCUT2D eigenvalue weighted by molar-refractivity contribution is 0.0525. The van der Waals surface area contributed by atoms with Crippen LogP contribution in [0.3, 0.4) is 0 Å². The molecule has 1 aliphatic carbocycles. The van der Waals surface area contributed by atoms with Crippen molar-refractivity contribution < 1.29 is 14.3 Å².